The van der Waals surface area contributed by atoms with E-state index < -0.39 is 17.5 Å². The predicted molar refractivity (Wildman–Crippen MR) is 103 cm³/mol. The Hall–Kier alpha value is -3.20. The number of nitrogens with zero attached hydrogens (tertiary/aromatic N) is 1. The maximum absolute atomic E-state index is 13.6. The molecule has 0 bridgehead atoms. The number of hydrogen-bond acceptors (Lipinski definition) is 4. The summed E-state index contributed by atoms with van der Waals surface area (Å²) in [6.45, 7) is 1.85. The number of nitrogens with one attached hydrogen (secondary N) is 2. The van der Waals surface area contributed by atoms with E-state index in [9.17, 15) is 22.8 Å². The maximum atomic E-state index is 13.6. The molecule has 0 aliphatic carbocycles. The lowest BCUT2D eigenvalue weighted by molar-refractivity contribution is -0.115. The van der Waals surface area contributed by atoms with E-state index in [1.54, 1.807) is 19.1 Å². The molecule has 0 spiro atoms. The minimum Gasteiger partial charge on any atom is -0.347 e. The van der Waals surface area contributed by atoms with Crippen molar-refractivity contribution >= 4 is 28.8 Å². The average molecular weight is 419 g/mol. The van der Waals surface area contributed by atoms with Crippen LogP contribution >= 0.6 is 11.3 Å². The number of amides is 2. The number of aryl methyl sites for hydroxylation is 1. The quantitative estimate of drug-likeness (QED) is 0.635. The van der Waals surface area contributed by atoms with Crippen molar-refractivity contribution in [3.8, 4) is 0 Å². The van der Waals surface area contributed by atoms with Crippen LogP contribution in [-0.2, 0) is 17.8 Å². The number of anilines is 1. The molecule has 29 heavy (non-hydrogen) atoms. The minimum atomic E-state index is -0.754. The fraction of sp³-hybridized carbons (Fsp3) is 0.150. The second-order valence-electron chi connectivity index (χ2n) is 6.18. The highest BCUT2D eigenvalue weighted by atomic mass is 32.1. The Balaban J connectivity index is 1.61. The van der Waals surface area contributed by atoms with Crippen molar-refractivity contribution in [2.24, 2.45) is 0 Å². The van der Waals surface area contributed by atoms with Crippen molar-refractivity contribution in [2.45, 2.75) is 19.9 Å². The average Bonchev–Trinajstić information content (AvgIpc) is 3.04. The lowest BCUT2D eigenvalue weighted by Gasteiger charge is -2.05. The molecule has 0 aliphatic heterocycles. The highest BCUT2D eigenvalue weighted by molar-refractivity contribution is 7.13. The summed E-state index contributed by atoms with van der Waals surface area (Å²) in [4.78, 5) is 29.0. The number of halogens is 3. The van der Waals surface area contributed by atoms with Crippen LogP contribution in [0.3, 0.4) is 0 Å². The SMILES string of the molecule is Cc1nc(CC(=O)Nc2cc(F)ccc2F)sc1C(=O)NCc1ccc(F)cc1. The third-order valence-corrected chi connectivity index (χ3v) is 5.08. The number of rotatable bonds is 6. The Morgan fingerprint density at radius 1 is 1.03 bits per heavy atom. The number of carbonyl (C=O) groups excluding carboxylic acids is 2. The first kappa shape index (κ1) is 20.5. The molecule has 150 valence electrons. The zero-order valence-corrected chi connectivity index (χ0v) is 16.1. The molecule has 3 aromatic rings. The van der Waals surface area contributed by atoms with E-state index in [0.717, 1.165) is 35.1 Å². The summed E-state index contributed by atoms with van der Waals surface area (Å²) in [5.74, 6) is -2.74. The van der Waals surface area contributed by atoms with Gasteiger partial charge < -0.3 is 10.6 Å². The summed E-state index contributed by atoms with van der Waals surface area (Å²) in [5.41, 5.74) is 0.922. The van der Waals surface area contributed by atoms with E-state index >= 15 is 0 Å². The fourth-order valence-electron chi connectivity index (χ4n) is 2.53. The lowest BCUT2D eigenvalue weighted by atomic mass is 10.2. The van der Waals surface area contributed by atoms with Crippen LogP contribution in [-0.4, -0.2) is 16.8 Å². The van der Waals surface area contributed by atoms with Gasteiger partial charge in [0.2, 0.25) is 5.91 Å². The topological polar surface area (TPSA) is 71.1 Å². The predicted octanol–water partition coefficient (Wildman–Crippen LogP) is 3.98. The van der Waals surface area contributed by atoms with Crippen molar-refractivity contribution < 1.29 is 22.8 Å². The van der Waals surface area contributed by atoms with Crippen molar-refractivity contribution in [1.82, 2.24) is 10.3 Å². The Morgan fingerprint density at radius 2 is 1.72 bits per heavy atom. The maximum Gasteiger partial charge on any atom is 0.263 e. The van der Waals surface area contributed by atoms with Gasteiger partial charge in [-0.05, 0) is 36.8 Å². The summed E-state index contributed by atoms with van der Waals surface area (Å²) < 4.78 is 39.7. The van der Waals surface area contributed by atoms with Gasteiger partial charge in [0.25, 0.3) is 5.91 Å². The van der Waals surface area contributed by atoms with Gasteiger partial charge in [-0.1, -0.05) is 12.1 Å². The standard InChI is InChI=1S/C20H16F3N3O2S/c1-11-19(20(28)24-10-12-2-4-13(21)5-3-12)29-18(25-11)9-17(27)26-16-8-14(22)6-7-15(16)23/h2-8H,9-10H2,1H3,(H,24,28)(H,26,27). The number of thiazole rings is 1. The molecule has 0 radical (unpaired) electrons. The summed E-state index contributed by atoms with van der Waals surface area (Å²) in [7, 11) is 0. The van der Waals surface area contributed by atoms with E-state index in [1.165, 1.54) is 12.1 Å². The summed E-state index contributed by atoms with van der Waals surface area (Å²) in [5, 5.41) is 5.37. The Kier molecular flexibility index (Phi) is 6.28. The highest BCUT2D eigenvalue weighted by Gasteiger charge is 2.17. The monoisotopic (exact) mass is 419 g/mol. The summed E-state index contributed by atoms with van der Waals surface area (Å²) in [6, 6.07) is 8.49. The van der Waals surface area contributed by atoms with E-state index in [0.29, 0.717) is 15.6 Å². The molecule has 0 aliphatic rings. The normalized spacial score (nSPS) is 10.6. The third kappa shape index (κ3) is 5.41. The van der Waals surface area contributed by atoms with Gasteiger partial charge >= 0.3 is 0 Å². The molecule has 2 aromatic carbocycles. The number of carbonyl (C=O) groups is 2. The number of aromatic nitrogens is 1. The highest BCUT2D eigenvalue weighted by Crippen LogP contribution is 2.20. The first-order chi connectivity index (χ1) is 13.8. The number of benzene rings is 2. The van der Waals surface area contributed by atoms with Gasteiger partial charge in [-0.15, -0.1) is 11.3 Å². The molecule has 0 atom stereocenters. The van der Waals surface area contributed by atoms with Gasteiger partial charge in [-0.3, -0.25) is 9.59 Å². The van der Waals surface area contributed by atoms with Crippen LogP contribution < -0.4 is 10.6 Å². The van der Waals surface area contributed by atoms with Crippen LogP contribution in [0.2, 0.25) is 0 Å². The molecular formula is C20H16F3N3O2S. The van der Waals surface area contributed by atoms with Crippen molar-refractivity contribution in [1.29, 1.82) is 0 Å². The van der Waals surface area contributed by atoms with Crippen molar-refractivity contribution in [2.75, 3.05) is 5.32 Å². The van der Waals surface area contributed by atoms with Crippen molar-refractivity contribution in [3.05, 3.63) is 81.1 Å². The minimum absolute atomic E-state index is 0.188. The largest absolute Gasteiger partial charge is 0.347 e. The molecule has 0 fully saturated rings. The molecule has 2 N–H and O–H groups in total. The molecule has 0 unspecified atom stereocenters. The summed E-state index contributed by atoms with van der Waals surface area (Å²) >= 11 is 1.04. The van der Waals surface area contributed by atoms with Gasteiger partial charge in [-0.2, -0.15) is 0 Å². The van der Waals surface area contributed by atoms with E-state index in [4.69, 9.17) is 0 Å². The molecule has 0 saturated carbocycles. The Bertz CT molecular complexity index is 1050. The van der Waals surface area contributed by atoms with Gasteiger partial charge in [-0.25, -0.2) is 18.2 Å². The van der Waals surface area contributed by atoms with E-state index in [-0.39, 0.29) is 30.4 Å². The van der Waals surface area contributed by atoms with Crippen LogP contribution in [0.4, 0.5) is 18.9 Å². The smallest absolute Gasteiger partial charge is 0.263 e. The second kappa shape index (κ2) is 8.87. The van der Waals surface area contributed by atoms with E-state index in [2.05, 4.69) is 15.6 Å². The Morgan fingerprint density at radius 3 is 2.45 bits per heavy atom. The van der Waals surface area contributed by atoms with E-state index in [1.807, 2.05) is 0 Å². The van der Waals surface area contributed by atoms with Gasteiger partial charge in [0.1, 0.15) is 27.3 Å². The van der Waals surface area contributed by atoms with Gasteiger partial charge in [0.05, 0.1) is 17.8 Å². The fourth-order valence-corrected chi connectivity index (χ4v) is 3.51. The van der Waals surface area contributed by atoms with Gasteiger partial charge in [0, 0.05) is 12.6 Å². The molecule has 0 saturated heterocycles. The molecule has 3 rings (SSSR count). The lowest BCUT2D eigenvalue weighted by Crippen LogP contribution is -2.22. The van der Waals surface area contributed by atoms with Crippen LogP contribution in [0, 0.1) is 24.4 Å². The molecule has 1 aromatic heterocycles. The molecule has 5 nitrogen and oxygen atoms in total. The van der Waals surface area contributed by atoms with Crippen molar-refractivity contribution in [3.63, 3.8) is 0 Å². The molecule has 1 heterocycles. The van der Waals surface area contributed by atoms with Crippen LogP contribution in [0.15, 0.2) is 42.5 Å². The zero-order chi connectivity index (χ0) is 21.0. The first-order valence-corrected chi connectivity index (χ1v) is 9.37. The van der Waals surface area contributed by atoms with Crippen LogP contribution in [0.5, 0.6) is 0 Å². The first-order valence-electron chi connectivity index (χ1n) is 8.55. The zero-order valence-electron chi connectivity index (χ0n) is 15.3. The summed E-state index contributed by atoms with van der Waals surface area (Å²) in [6.07, 6.45) is -0.188. The van der Waals surface area contributed by atoms with Crippen LogP contribution in [0.1, 0.15) is 25.9 Å². The van der Waals surface area contributed by atoms with Gasteiger partial charge in [0.15, 0.2) is 0 Å². The molecule has 2 amide bonds. The second-order valence-corrected chi connectivity index (χ2v) is 7.26. The van der Waals surface area contributed by atoms with Crippen LogP contribution in [0.25, 0.3) is 0 Å². The number of hydrogen-bond donors (Lipinski definition) is 2. The molecule has 9 heteroatoms. The third-order valence-electron chi connectivity index (χ3n) is 3.93. The Labute approximate surface area is 168 Å². The molecular weight excluding hydrogens is 403 g/mol.